The molecule has 1 saturated heterocycles. The molecule has 2 fully saturated rings. The van der Waals surface area contributed by atoms with Crippen molar-refractivity contribution in [1.29, 1.82) is 0 Å². The highest BCUT2D eigenvalue weighted by molar-refractivity contribution is 6.11. The van der Waals surface area contributed by atoms with Crippen molar-refractivity contribution in [2.24, 2.45) is 0 Å². The minimum absolute atomic E-state index is 0.0787. The van der Waals surface area contributed by atoms with E-state index >= 15 is 0 Å². The van der Waals surface area contributed by atoms with Gasteiger partial charge in [-0.25, -0.2) is 4.79 Å². The summed E-state index contributed by atoms with van der Waals surface area (Å²) in [6, 6.07) is 11.6. The van der Waals surface area contributed by atoms with Crippen molar-refractivity contribution in [3.05, 3.63) is 58.9 Å². The molecule has 1 N–H and O–H groups in total. The van der Waals surface area contributed by atoms with E-state index in [1.165, 1.54) is 0 Å². The van der Waals surface area contributed by atoms with Gasteiger partial charge >= 0.3 is 6.03 Å². The zero-order valence-electron chi connectivity index (χ0n) is 17.9. The van der Waals surface area contributed by atoms with Crippen LogP contribution in [0.1, 0.15) is 72.4 Å². The molecule has 1 atom stereocenters. The maximum Gasteiger partial charge on any atom is 0.325 e. The summed E-state index contributed by atoms with van der Waals surface area (Å²) >= 11 is 0. The number of aryl methyl sites for hydroxylation is 1. The number of amides is 3. The molecular weight excluding hydrogens is 378 g/mol. The monoisotopic (exact) mass is 407 g/mol. The maximum atomic E-state index is 13.1. The Morgan fingerprint density at radius 1 is 1.10 bits per heavy atom. The molecule has 1 spiro atoms. The number of nitrogens with one attached hydrogen (secondary N) is 1. The van der Waals surface area contributed by atoms with Crippen molar-refractivity contribution >= 4 is 17.7 Å². The largest absolute Gasteiger partial charge is 0.341 e. The van der Waals surface area contributed by atoms with Crippen LogP contribution in [0, 0.1) is 13.8 Å². The molecule has 2 aromatic rings. The third-order valence-electron chi connectivity index (χ3n) is 6.71. The topological polar surface area (TPSA) is 71.4 Å². The lowest BCUT2D eigenvalue weighted by molar-refractivity contribution is -0.132. The summed E-state index contributed by atoms with van der Waals surface area (Å²) in [4.78, 5) is 39.7. The van der Waals surface area contributed by atoms with E-state index in [1.807, 2.05) is 38.1 Å². The number of aromatic nitrogens is 1. The highest BCUT2D eigenvalue weighted by Crippen LogP contribution is 2.34. The van der Waals surface area contributed by atoms with E-state index in [-0.39, 0.29) is 24.3 Å². The summed E-state index contributed by atoms with van der Waals surface area (Å²) in [7, 11) is 0. The molecule has 1 aliphatic heterocycles. The molecule has 6 nitrogen and oxygen atoms in total. The highest BCUT2D eigenvalue weighted by Gasteiger charge is 2.51. The van der Waals surface area contributed by atoms with E-state index in [2.05, 4.69) is 28.9 Å². The number of hydrogen-bond donors (Lipinski definition) is 1. The van der Waals surface area contributed by atoms with E-state index in [1.54, 1.807) is 0 Å². The molecule has 2 aliphatic rings. The zero-order chi connectivity index (χ0) is 21.5. The van der Waals surface area contributed by atoms with Gasteiger partial charge in [0.05, 0.1) is 12.6 Å². The van der Waals surface area contributed by atoms with Crippen molar-refractivity contribution in [1.82, 2.24) is 14.8 Å². The Labute approximate surface area is 177 Å². The second kappa shape index (κ2) is 7.74. The first-order valence-electron chi connectivity index (χ1n) is 10.7. The minimum Gasteiger partial charge on any atom is -0.341 e. The molecule has 1 aliphatic carbocycles. The van der Waals surface area contributed by atoms with Crippen LogP contribution in [0.3, 0.4) is 0 Å². The molecule has 30 heavy (non-hydrogen) atoms. The third kappa shape index (κ3) is 3.34. The van der Waals surface area contributed by atoms with Gasteiger partial charge in [-0.15, -0.1) is 0 Å². The number of imide groups is 1. The number of benzene rings is 1. The quantitative estimate of drug-likeness (QED) is 0.598. The Bertz CT molecular complexity index is 987. The van der Waals surface area contributed by atoms with Crippen LogP contribution in [0.15, 0.2) is 36.4 Å². The Hall–Kier alpha value is -2.89. The number of ketones is 1. The smallest absolute Gasteiger partial charge is 0.325 e. The average molecular weight is 408 g/mol. The second-order valence-electron chi connectivity index (χ2n) is 8.63. The van der Waals surface area contributed by atoms with Crippen LogP contribution in [0.2, 0.25) is 0 Å². The van der Waals surface area contributed by atoms with Crippen molar-refractivity contribution in [3.63, 3.8) is 0 Å². The lowest BCUT2D eigenvalue weighted by atomic mass is 9.82. The summed E-state index contributed by atoms with van der Waals surface area (Å²) in [5, 5.41) is 2.88. The molecule has 6 heteroatoms. The molecule has 3 amide bonds. The number of carbonyl (C=O) groups is 3. The van der Waals surface area contributed by atoms with E-state index in [0.29, 0.717) is 18.4 Å². The van der Waals surface area contributed by atoms with E-state index in [4.69, 9.17) is 0 Å². The molecule has 0 bridgehead atoms. The van der Waals surface area contributed by atoms with Gasteiger partial charge in [0, 0.05) is 17.0 Å². The normalized spacial score (nSPS) is 19.2. The number of rotatable bonds is 5. The first-order chi connectivity index (χ1) is 14.3. The van der Waals surface area contributed by atoms with Gasteiger partial charge < -0.3 is 9.88 Å². The van der Waals surface area contributed by atoms with Gasteiger partial charge in [0.15, 0.2) is 5.78 Å². The van der Waals surface area contributed by atoms with Crippen molar-refractivity contribution in [2.45, 2.75) is 64.5 Å². The number of urea groups is 1. The molecule has 0 radical (unpaired) electrons. The lowest BCUT2D eigenvalue weighted by Gasteiger charge is -2.30. The summed E-state index contributed by atoms with van der Waals surface area (Å²) in [5.41, 5.74) is 2.77. The molecule has 1 aromatic heterocycles. The summed E-state index contributed by atoms with van der Waals surface area (Å²) in [5.74, 6) is -0.446. The summed E-state index contributed by atoms with van der Waals surface area (Å²) in [6.07, 6.45) is 4.24. The number of carbonyl (C=O) groups excluding carboxylic acids is 3. The van der Waals surface area contributed by atoms with Gasteiger partial charge in [-0.2, -0.15) is 0 Å². The highest BCUT2D eigenvalue weighted by atomic mass is 16.2. The molecule has 2 heterocycles. The minimum atomic E-state index is -0.797. The van der Waals surface area contributed by atoms with Crippen LogP contribution in [0.4, 0.5) is 4.79 Å². The Morgan fingerprint density at radius 2 is 1.77 bits per heavy atom. The van der Waals surface area contributed by atoms with E-state index < -0.39 is 11.6 Å². The van der Waals surface area contributed by atoms with Crippen molar-refractivity contribution in [3.8, 4) is 0 Å². The number of nitrogens with zero attached hydrogens (tertiary/aromatic N) is 2. The fourth-order valence-corrected chi connectivity index (χ4v) is 5.08. The predicted octanol–water partition coefficient (Wildman–Crippen LogP) is 4.15. The predicted molar refractivity (Wildman–Crippen MR) is 115 cm³/mol. The van der Waals surface area contributed by atoms with Crippen molar-refractivity contribution < 1.29 is 14.4 Å². The van der Waals surface area contributed by atoms with Gasteiger partial charge in [-0.3, -0.25) is 14.5 Å². The van der Waals surface area contributed by atoms with Crippen LogP contribution >= 0.6 is 0 Å². The van der Waals surface area contributed by atoms with Gasteiger partial charge in [0.2, 0.25) is 0 Å². The molecule has 0 unspecified atom stereocenters. The second-order valence-corrected chi connectivity index (χ2v) is 8.63. The van der Waals surface area contributed by atoms with Crippen molar-refractivity contribution in [2.75, 3.05) is 6.54 Å². The Morgan fingerprint density at radius 3 is 2.43 bits per heavy atom. The van der Waals surface area contributed by atoms with Crippen LogP contribution in [-0.4, -0.2) is 39.3 Å². The van der Waals surface area contributed by atoms with Crippen LogP contribution in [0.25, 0.3) is 0 Å². The van der Waals surface area contributed by atoms with Gasteiger partial charge in [-0.1, -0.05) is 49.6 Å². The summed E-state index contributed by atoms with van der Waals surface area (Å²) in [6.45, 7) is 5.80. The first-order valence-corrected chi connectivity index (χ1v) is 10.7. The number of hydrogen-bond acceptors (Lipinski definition) is 3. The fraction of sp³-hybridized carbons (Fsp3) is 0.458. The van der Waals surface area contributed by atoms with E-state index in [0.717, 1.165) is 41.1 Å². The van der Waals surface area contributed by atoms with Gasteiger partial charge in [-0.05, 0) is 45.2 Å². The summed E-state index contributed by atoms with van der Waals surface area (Å²) < 4.78 is 2.14. The van der Waals surface area contributed by atoms with Crippen LogP contribution < -0.4 is 5.32 Å². The maximum absolute atomic E-state index is 13.1. The first kappa shape index (κ1) is 20.4. The molecule has 4 rings (SSSR count). The Kier molecular flexibility index (Phi) is 5.26. The number of Topliss-reactive ketones (excluding diaryl/α,β-unsaturated/α-hetero) is 1. The molecule has 158 valence electrons. The molecule has 1 saturated carbocycles. The molecule has 1 aromatic carbocycles. The van der Waals surface area contributed by atoms with Gasteiger partial charge in [0.1, 0.15) is 5.54 Å². The zero-order valence-corrected chi connectivity index (χ0v) is 17.9. The molecular formula is C24H29N3O3. The van der Waals surface area contributed by atoms with E-state index in [9.17, 15) is 14.4 Å². The Balaban J connectivity index is 1.56. The van der Waals surface area contributed by atoms with Crippen LogP contribution in [-0.2, 0) is 4.79 Å². The lowest BCUT2D eigenvalue weighted by Crippen LogP contribution is -2.48. The average Bonchev–Trinajstić information content (AvgIpc) is 3.16. The SMILES string of the molecule is Cc1cc(C(=O)CN2C(=O)NC3(CCCCC3)C2=O)c(C)n1[C@H](C)c1ccccc1. The van der Waals surface area contributed by atoms with Gasteiger partial charge in [0.25, 0.3) is 5.91 Å². The van der Waals surface area contributed by atoms with Crippen LogP contribution in [0.5, 0.6) is 0 Å². The third-order valence-corrected chi connectivity index (χ3v) is 6.71. The standard InChI is InChI=1S/C24H29N3O3/c1-16-14-20(18(3)27(16)17(2)19-10-6-4-7-11-19)21(28)15-26-22(29)24(25-23(26)30)12-8-5-9-13-24/h4,6-7,10-11,14,17H,5,8-9,12-13,15H2,1-3H3,(H,25,30)/t17-/m1/s1. The fourth-order valence-electron chi connectivity index (χ4n) is 5.08.